The van der Waals surface area contributed by atoms with Crippen molar-refractivity contribution in [2.45, 2.75) is 90.9 Å². The van der Waals surface area contributed by atoms with Crippen molar-refractivity contribution in [2.24, 2.45) is 0 Å². The maximum Gasteiger partial charge on any atom is 0.343 e. The van der Waals surface area contributed by atoms with E-state index in [0.717, 1.165) is 24.0 Å². The first kappa shape index (κ1) is 35.3. The van der Waals surface area contributed by atoms with Gasteiger partial charge in [0.25, 0.3) is 0 Å². The highest BCUT2D eigenvalue weighted by Crippen LogP contribution is 2.29. The van der Waals surface area contributed by atoms with Crippen LogP contribution in [0.4, 0.5) is 0 Å². The quantitative estimate of drug-likeness (QED) is 0.0530. The first-order valence-corrected chi connectivity index (χ1v) is 17.8. The van der Waals surface area contributed by atoms with Gasteiger partial charge in [-0.3, -0.25) is 0 Å². The Balaban J connectivity index is 1.10. The molecule has 1 aromatic heterocycles. The van der Waals surface area contributed by atoms with Crippen molar-refractivity contribution < 1.29 is 23.5 Å². The molecular weight excluding hydrogens is 610 g/mol. The van der Waals surface area contributed by atoms with Gasteiger partial charge in [0.1, 0.15) is 11.5 Å². The van der Waals surface area contributed by atoms with Crippen molar-refractivity contribution in [3.05, 3.63) is 126 Å². The van der Waals surface area contributed by atoms with Crippen LogP contribution >= 0.6 is 0 Å². The van der Waals surface area contributed by atoms with Crippen LogP contribution in [0.2, 0.25) is 0 Å². The maximum atomic E-state index is 12.7. The number of benzene rings is 4. The number of nitrogens with zero attached hydrogens (tertiary/aromatic N) is 1. The SMILES string of the molecule is CCCCCCCc1ccc(C(=O)Oc2ccc(-c3cnc(-c4ccc(OC(=O)c5ccc(CCCCCCC)cc5)cc4)o3)cc2)cc1. The number of ether oxygens (including phenoxy) is 2. The minimum Gasteiger partial charge on any atom is -0.436 e. The molecule has 0 aliphatic carbocycles. The molecule has 5 rings (SSSR count). The molecule has 0 aliphatic rings. The van der Waals surface area contributed by atoms with Crippen molar-refractivity contribution in [3.63, 3.8) is 0 Å². The Kier molecular flexibility index (Phi) is 13.4. The lowest BCUT2D eigenvalue weighted by Crippen LogP contribution is -2.08. The van der Waals surface area contributed by atoms with E-state index in [1.807, 2.05) is 72.8 Å². The zero-order valence-electron chi connectivity index (χ0n) is 28.8. The van der Waals surface area contributed by atoms with Gasteiger partial charge in [0.15, 0.2) is 5.76 Å². The van der Waals surface area contributed by atoms with Gasteiger partial charge in [-0.05, 0) is 110 Å². The van der Waals surface area contributed by atoms with Gasteiger partial charge < -0.3 is 13.9 Å². The number of aromatic nitrogens is 1. The molecule has 49 heavy (non-hydrogen) atoms. The monoisotopic (exact) mass is 657 g/mol. The van der Waals surface area contributed by atoms with Crippen LogP contribution < -0.4 is 9.47 Å². The zero-order chi connectivity index (χ0) is 34.3. The van der Waals surface area contributed by atoms with Crippen LogP contribution in [0.5, 0.6) is 11.5 Å². The topological polar surface area (TPSA) is 78.6 Å². The van der Waals surface area contributed by atoms with E-state index in [-0.39, 0.29) is 5.97 Å². The van der Waals surface area contributed by atoms with Gasteiger partial charge in [-0.2, -0.15) is 0 Å². The van der Waals surface area contributed by atoms with Gasteiger partial charge in [0.2, 0.25) is 5.89 Å². The molecule has 6 nitrogen and oxygen atoms in total. The Morgan fingerprint density at radius 3 is 1.41 bits per heavy atom. The summed E-state index contributed by atoms with van der Waals surface area (Å²) >= 11 is 0. The molecule has 1 heterocycles. The highest BCUT2D eigenvalue weighted by Gasteiger charge is 2.13. The van der Waals surface area contributed by atoms with E-state index in [2.05, 4.69) is 18.8 Å². The third-order valence-electron chi connectivity index (χ3n) is 8.68. The van der Waals surface area contributed by atoms with Gasteiger partial charge in [-0.1, -0.05) is 89.5 Å². The summed E-state index contributed by atoms with van der Waals surface area (Å²) in [4.78, 5) is 29.9. The molecule has 0 spiro atoms. The summed E-state index contributed by atoms with van der Waals surface area (Å²) in [5.74, 6) is 1.14. The molecule has 0 saturated heterocycles. The normalized spacial score (nSPS) is 11.0. The van der Waals surface area contributed by atoms with Crippen LogP contribution in [0, 0.1) is 0 Å². The highest BCUT2D eigenvalue weighted by molar-refractivity contribution is 5.91. The fraction of sp³-hybridized carbons (Fsp3) is 0.326. The van der Waals surface area contributed by atoms with Crippen LogP contribution in [-0.4, -0.2) is 16.9 Å². The van der Waals surface area contributed by atoms with Crippen molar-refractivity contribution in [2.75, 3.05) is 0 Å². The molecule has 5 aromatic rings. The summed E-state index contributed by atoms with van der Waals surface area (Å²) < 4.78 is 17.2. The summed E-state index contributed by atoms with van der Waals surface area (Å²) in [5, 5.41) is 0. The Morgan fingerprint density at radius 1 is 0.531 bits per heavy atom. The number of aryl methyl sites for hydroxylation is 2. The lowest BCUT2D eigenvalue weighted by atomic mass is 10.0. The minimum atomic E-state index is -0.392. The predicted molar refractivity (Wildman–Crippen MR) is 195 cm³/mol. The van der Waals surface area contributed by atoms with Gasteiger partial charge in [0, 0.05) is 11.1 Å². The van der Waals surface area contributed by atoms with E-state index in [0.29, 0.717) is 34.3 Å². The number of oxazole rings is 1. The first-order valence-electron chi connectivity index (χ1n) is 17.8. The summed E-state index contributed by atoms with van der Waals surface area (Å²) in [7, 11) is 0. The number of esters is 2. The number of hydrogen-bond acceptors (Lipinski definition) is 6. The molecule has 0 aliphatic heterocycles. The number of carbonyl (C=O) groups is 2. The van der Waals surface area contributed by atoms with Gasteiger partial charge >= 0.3 is 11.9 Å². The van der Waals surface area contributed by atoms with Crippen molar-refractivity contribution in [1.82, 2.24) is 4.98 Å². The predicted octanol–water partition coefficient (Wildman–Crippen LogP) is 11.5. The summed E-state index contributed by atoms with van der Waals surface area (Å²) in [6.07, 6.45) is 16.1. The van der Waals surface area contributed by atoms with E-state index in [1.165, 1.54) is 75.3 Å². The highest BCUT2D eigenvalue weighted by atomic mass is 16.5. The van der Waals surface area contributed by atoms with Crippen LogP contribution in [0.1, 0.15) is 110 Å². The third kappa shape index (κ3) is 10.8. The van der Waals surface area contributed by atoms with Gasteiger partial charge in [-0.15, -0.1) is 0 Å². The lowest BCUT2D eigenvalue weighted by molar-refractivity contribution is 0.0725. The molecule has 0 N–H and O–H groups in total. The van der Waals surface area contributed by atoms with Crippen molar-refractivity contribution >= 4 is 11.9 Å². The summed E-state index contributed by atoms with van der Waals surface area (Å²) in [6.45, 7) is 4.44. The van der Waals surface area contributed by atoms with Crippen LogP contribution in [0.25, 0.3) is 22.8 Å². The van der Waals surface area contributed by atoms with E-state index < -0.39 is 5.97 Å². The molecule has 0 amide bonds. The van der Waals surface area contributed by atoms with Crippen LogP contribution in [-0.2, 0) is 12.8 Å². The average Bonchev–Trinajstić information content (AvgIpc) is 3.63. The number of hydrogen-bond donors (Lipinski definition) is 0. The molecule has 0 bridgehead atoms. The lowest BCUT2D eigenvalue weighted by Gasteiger charge is -2.07. The maximum absolute atomic E-state index is 12.7. The summed E-state index contributed by atoms with van der Waals surface area (Å²) in [5.41, 5.74) is 5.08. The largest absolute Gasteiger partial charge is 0.436 e. The first-order chi connectivity index (χ1) is 24.0. The molecule has 0 atom stereocenters. The molecule has 0 saturated carbocycles. The Morgan fingerprint density at radius 2 is 0.959 bits per heavy atom. The second-order valence-electron chi connectivity index (χ2n) is 12.6. The second kappa shape index (κ2) is 18.5. The molecule has 254 valence electrons. The number of carbonyl (C=O) groups excluding carboxylic acids is 2. The molecule has 0 radical (unpaired) electrons. The number of rotatable bonds is 18. The molecular formula is C43H47NO5. The van der Waals surface area contributed by atoms with Crippen LogP contribution in [0.3, 0.4) is 0 Å². The fourth-order valence-corrected chi connectivity index (χ4v) is 5.71. The Hall–Kier alpha value is -4.97. The molecule has 0 fully saturated rings. The number of unbranched alkanes of at least 4 members (excludes halogenated alkanes) is 8. The van der Waals surface area contributed by atoms with Gasteiger partial charge in [-0.25, -0.2) is 14.6 Å². The molecule has 0 unspecified atom stereocenters. The van der Waals surface area contributed by atoms with E-state index >= 15 is 0 Å². The van der Waals surface area contributed by atoms with E-state index in [4.69, 9.17) is 13.9 Å². The third-order valence-corrected chi connectivity index (χ3v) is 8.68. The van der Waals surface area contributed by atoms with Crippen molar-refractivity contribution in [1.29, 1.82) is 0 Å². The Bertz CT molecular complexity index is 1610. The standard InChI is InChI=1S/C43H47NO5/c1-3-5-7-9-11-13-32-15-19-36(20-16-32)42(45)47-38-27-23-34(24-28-38)40-31-44-41(49-40)35-25-29-39(30-26-35)48-43(46)37-21-17-33(18-22-37)14-12-10-8-6-4-2/h15-31H,3-14H2,1-2H3. The minimum absolute atomic E-state index is 0.389. The molecule has 4 aromatic carbocycles. The second-order valence-corrected chi connectivity index (χ2v) is 12.6. The summed E-state index contributed by atoms with van der Waals surface area (Å²) in [6, 6.07) is 29.6. The smallest absolute Gasteiger partial charge is 0.343 e. The van der Waals surface area contributed by atoms with Crippen LogP contribution in [0.15, 0.2) is 108 Å². The van der Waals surface area contributed by atoms with Crippen molar-refractivity contribution in [3.8, 4) is 34.3 Å². The molecule has 6 heteroatoms. The van der Waals surface area contributed by atoms with E-state index in [1.54, 1.807) is 30.5 Å². The van der Waals surface area contributed by atoms with E-state index in [9.17, 15) is 9.59 Å². The zero-order valence-corrected chi connectivity index (χ0v) is 28.8. The fourth-order valence-electron chi connectivity index (χ4n) is 5.71. The average molecular weight is 658 g/mol. The van der Waals surface area contributed by atoms with Gasteiger partial charge in [0.05, 0.1) is 17.3 Å². The Labute approximate surface area is 290 Å².